The molecule has 1 rings (SSSR count). The van der Waals surface area contributed by atoms with Gasteiger partial charge in [0, 0.05) is 19.1 Å². The first-order valence-corrected chi connectivity index (χ1v) is 3.54. The molecule has 0 bridgehead atoms. The largest absolute Gasteiger partial charge is 0.328 e. The third-order valence-corrected chi connectivity index (χ3v) is 1.81. The highest BCUT2D eigenvalue weighted by Crippen LogP contribution is 2.05. The molecule has 0 saturated carbocycles. The van der Waals surface area contributed by atoms with Crippen LogP contribution in [0.3, 0.4) is 0 Å². The molecule has 0 amide bonds. The van der Waals surface area contributed by atoms with Gasteiger partial charge in [0.1, 0.15) is 0 Å². The Morgan fingerprint density at radius 3 is 2.78 bits per heavy atom. The molecule has 0 aromatic carbocycles. The van der Waals surface area contributed by atoms with Gasteiger partial charge in [-0.25, -0.2) is 5.01 Å². The van der Waals surface area contributed by atoms with Crippen LogP contribution in [0.25, 0.3) is 0 Å². The van der Waals surface area contributed by atoms with Crippen LogP contribution >= 0.6 is 0 Å². The van der Waals surface area contributed by atoms with Crippen LogP contribution in [0.15, 0.2) is 0 Å². The number of hydrogen-bond donors (Lipinski definition) is 2. The number of rotatable bonds is 0. The van der Waals surface area contributed by atoms with E-state index in [4.69, 9.17) is 11.6 Å². The Balaban J connectivity index is 2.25. The maximum Gasteiger partial charge on any atom is 0.0143 e. The minimum absolute atomic E-state index is 0.388. The van der Waals surface area contributed by atoms with Crippen molar-refractivity contribution in [2.75, 3.05) is 13.1 Å². The summed E-state index contributed by atoms with van der Waals surface area (Å²) in [4.78, 5) is 0. The molecule has 0 aliphatic carbocycles. The highest BCUT2D eigenvalue weighted by Gasteiger charge is 2.09. The Morgan fingerprint density at radius 2 is 2.00 bits per heavy atom. The van der Waals surface area contributed by atoms with Crippen LogP contribution in [-0.2, 0) is 0 Å². The highest BCUT2D eigenvalue weighted by molar-refractivity contribution is 4.68. The molecule has 1 atom stereocenters. The van der Waals surface area contributed by atoms with E-state index in [1.165, 1.54) is 0 Å². The van der Waals surface area contributed by atoms with E-state index in [-0.39, 0.29) is 0 Å². The molecular weight excluding hydrogens is 114 g/mol. The molecule has 1 saturated heterocycles. The van der Waals surface area contributed by atoms with Crippen LogP contribution in [0.2, 0.25) is 0 Å². The van der Waals surface area contributed by atoms with E-state index in [0.29, 0.717) is 6.04 Å². The number of nitrogens with zero attached hydrogens (tertiary/aromatic N) is 1. The third kappa shape index (κ3) is 2.30. The van der Waals surface area contributed by atoms with Gasteiger partial charge in [0.15, 0.2) is 0 Å². The van der Waals surface area contributed by atoms with Crippen molar-refractivity contribution in [3.8, 4) is 0 Å². The van der Waals surface area contributed by atoms with E-state index in [1.54, 1.807) is 0 Å². The van der Waals surface area contributed by atoms with Crippen LogP contribution in [0.1, 0.15) is 19.3 Å². The minimum atomic E-state index is 0.388. The molecule has 1 heterocycles. The molecule has 4 N–H and O–H groups in total. The van der Waals surface area contributed by atoms with Gasteiger partial charge in [-0.05, 0) is 19.3 Å². The molecule has 0 radical (unpaired) electrons. The average Bonchev–Trinajstić information content (AvgIpc) is 1.97. The Hall–Kier alpha value is -0.120. The van der Waals surface area contributed by atoms with Gasteiger partial charge in [-0.3, -0.25) is 5.84 Å². The minimum Gasteiger partial charge on any atom is -0.328 e. The molecule has 3 nitrogen and oxygen atoms in total. The first-order valence-electron chi connectivity index (χ1n) is 3.54. The molecule has 1 fully saturated rings. The second kappa shape index (κ2) is 3.15. The van der Waals surface area contributed by atoms with Crippen molar-refractivity contribution in [1.29, 1.82) is 0 Å². The summed E-state index contributed by atoms with van der Waals surface area (Å²) >= 11 is 0. The summed E-state index contributed by atoms with van der Waals surface area (Å²) in [7, 11) is 0. The van der Waals surface area contributed by atoms with Gasteiger partial charge >= 0.3 is 0 Å². The van der Waals surface area contributed by atoms with E-state index in [9.17, 15) is 0 Å². The van der Waals surface area contributed by atoms with Gasteiger partial charge in [-0.15, -0.1) is 0 Å². The third-order valence-electron chi connectivity index (χ3n) is 1.81. The topological polar surface area (TPSA) is 55.3 Å². The van der Waals surface area contributed by atoms with Crippen molar-refractivity contribution in [1.82, 2.24) is 5.01 Å². The van der Waals surface area contributed by atoms with Crippen LogP contribution in [0, 0.1) is 0 Å². The zero-order chi connectivity index (χ0) is 6.69. The SMILES string of the molecule is NC1CCCN(N)CC1. The van der Waals surface area contributed by atoms with Crippen LogP contribution in [0.4, 0.5) is 0 Å². The average molecular weight is 129 g/mol. The second-order valence-corrected chi connectivity index (χ2v) is 2.73. The fourth-order valence-corrected chi connectivity index (χ4v) is 1.14. The van der Waals surface area contributed by atoms with E-state index in [0.717, 1.165) is 32.4 Å². The summed E-state index contributed by atoms with van der Waals surface area (Å²) in [5.74, 6) is 5.57. The Bertz CT molecular complexity index is 74.4. The first-order chi connectivity index (χ1) is 4.29. The lowest BCUT2D eigenvalue weighted by atomic mass is 10.1. The summed E-state index contributed by atoms with van der Waals surface area (Å²) in [6, 6.07) is 0.388. The van der Waals surface area contributed by atoms with Crippen LogP contribution in [0.5, 0.6) is 0 Å². The summed E-state index contributed by atoms with van der Waals surface area (Å²) < 4.78 is 0. The molecular formula is C6H15N3. The molecule has 1 aliphatic heterocycles. The summed E-state index contributed by atoms with van der Waals surface area (Å²) in [6.07, 6.45) is 3.34. The van der Waals surface area contributed by atoms with Gasteiger partial charge in [0.25, 0.3) is 0 Å². The number of hydrogen-bond acceptors (Lipinski definition) is 3. The fraction of sp³-hybridized carbons (Fsp3) is 1.00. The Labute approximate surface area is 56.0 Å². The lowest BCUT2D eigenvalue weighted by Crippen LogP contribution is -2.32. The lowest BCUT2D eigenvalue weighted by molar-refractivity contribution is 0.294. The van der Waals surface area contributed by atoms with Crippen molar-refractivity contribution in [3.05, 3.63) is 0 Å². The molecule has 3 heteroatoms. The van der Waals surface area contributed by atoms with Crippen molar-refractivity contribution in [3.63, 3.8) is 0 Å². The number of nitrogens with two attached hydrogens (primary N) is 2. The smallest absolute Gasteiger partial charge is 0.0143 e. The Kier molecular flexibility index (Phi) is 2.45. The van der Waals surface area contributed by atoms with E-state index in [2.05, 4.69) is 0 Å². The summed E-state index contributed by atoms with van der Waals surface area (Å²) in [5.41, 5.74) is 5.71. The van der Waals surface area contributed by atoms with Crippen molar-refractivity contribution < 1.29 is 0 Å². The molecule has 0 spiro atoms. The Morgan fingerprint density at radius 1 is 1.22 bits per heavy atom. The second-order valence-electron chi connectivity index (χ2n) is 2.73. The van der Waals surface area contributed by atoms with Crippen molar-refractivity contribution in [2.24, 2.45) is 11.6 Å². The predicted octanol–water partition coefficient (Wildman–Crippen LogP) is -0.327. The lowest BCUT2D eigenvalue weighted by Gasteiger charge is -2.11. The van der Waals surface area contributed by atoms with E-state index < -0.39 is 0 Å². The molecule has 0 aromatic heterocycles. The number of hydrazine groups is 1. The zero-order valence-corrected chi connectivity index (χ0v) is 5.71. The maximum absolute atomic E-state index is 5.71. The fourth-order valence-electron chi connectivity index (χ4n) is 1.14. The quantitative estimate of drug-likeness (QED) is 0.440. The van der Waals surface area contributed by atoms with Crippen molar-refractivity contribution >= 4 is 0 Å². The molecule has 9 heavy (non-hydrogen) atoms. The molecule has 0 aromatic rings. The standard InChI is InChI=1S/C6H15N3/c7-6-2-1-4-9(8)5-3-6/h6H,1-5,7-8H2. The molecule has 1 aliphatic rings. The molecule has 54 valence electrons. The van der Waals surface area contributed by atoms with Gasteiger partial charge in [-0.2, -0.15) is 0 Å². The summed E-state index contributed by atoms with van der Waals surface area (Å²) in [6.45, 7) is 1.97. The highest BCUT2D eigenvalue weighted by atomic mass is 15.4. The van der Waals surface area contributed by atoms with Gasteiger partial charge < -0.3 is 5.73 Å². The van der Waals surface area contributed by atoms with Gasteiger partial charge in [-0.1, -0.05) is 0 Å². The van der Waals surface area contributed by atoms with Crippen molar-refractivity contribution in [2.45, 2.75) is 25.3 Å². The van der Waals surface area contributed by atoms with Gasteiger partial charge in [0.05, 0.1) is 0 Å². The molecule has 1 unspecified atom stereocenters. The first kappa shape index (κ1) is 6.99. The van der Waals surface area contributed by atoms with Crippen LogP contribution < -0.4 is 11.6 Å². The summed E-state index contributed by atoms with van der Waals surface area (Å²) in [5, 5.41) is 1.85. The van der Waals surface area contributed by atoms with E-state index >= 15 is 0 Å². The zero-order valence-electron chi connectivity index (χ0n) is 5.71. The maximum atomic E-state index is 5.71. The van der Waals surface area contributed by atoms with E-state index in [1.807, 2.05) is 5.01 Å². The predicted molar refractivity (Wildman–Crippen MR) is 37.6 cm³/mol. The van der Waals surface area contributed by atoms with Gasteiger partial charge in [0.2, 0.25) is 0 Å². The normalized spacial score (nSPS) is 32.0. The van der Waals surface area contributed by atoms with Crippen LogP contribution in [-0.4, -0.2) is 24.1 Å². The monoisotopic (exact) mass is 129 g/mol.